The number of non-ortho nitro benzene ring substituents is 1. The van der Waals surface area contributed by atoms with Crippen LogP contribution in [0.15, 0.2) is 58.0 Å². The fraction of sp³-hybridized carbons (Fsp3) is 0.0500. The first-order chi connectivity index (χ1) is 14.7. The van der Waals surface area contributed by atoms with Crippen LogP contribution in [0.5, 0.6) is 0 Å². The Bertz CT molecular complexity index is 1210. The fourth-order valence-electron chi connectivity index (χ4n) is 2.58. The molecule has 1 aromatic heterocycles. The molecular formula is C20H14Cl2N4O5. The summed E-state index contributed by atoms with van der Waals surface area (Å²) < 4.78 is 5.61. The molecule has 0 fully saturated rings. The SMILES string of the molecule is Cc1cc([N+](=O)[O-])ccc1-c1ccc(/C=N/NC(=O)C(=O)Nc2cc(Cl)ccc2Cl)o1. The van der Waals surface area contributed by atoms with Crippen LogP contribution < -0.4 is 10.7 Å². The summed E-state index contributed by atoms with van der Waals surface area (Å²) in [5, 5.41) is 17.4. The third-order valence-corrected chi connectivity index (χ3v) is 4.62. The van der Waals surface area contributed by atoms with Crippen LogP contribution in [0, 0.1) is 17.0 Å². The van der Waals surface area contributed by atoms with Crippen molar-refractivity contribution in [2.75, 3.05) is 5.32 Å². The smallest absolute Gasteiger partial charge is 0.329 e. The van der Waals surface area contributed by atoms with Crippen LogP contribution in [0.4, 0.5) is 11.4 Å². The van der Waals surface area contributed by atoms with Crippen LogP contribution in [0.3, 0.4) is 0 Å². The van der Waals surface area contributed by atoms with Gasteiger partial charge in [-0.05, 0) is 48.9 Å². The van der Waals surface area contributed by atoms with E-state index in [4.69, 9.17) is 27.6 Å². The molecule has 0 saturated heterocycles. The minimum atomic E-state index is -1.02. The number of hydrogen-bond donors (Lipinski definition) is 2. The summed E-state index contributed by atoms with van der Waals surface area (Å²) in [6.45, 7) is 1.73. The van der Waals surface area contributed by atoms with Gasteiger partial charge in [-0.1, -0.05) is 23.2 Å². The van der Waals surface area contributed by atoms with Gasteiger partial charge >= 0.3 is 11.8 Å². The minimum Gasteiger partial charge on any atom is -0.455 e. The number of halogens is 2. The number of aryl methyl sites for hydroxylation is 1. The van der Waals surface area contributed by atoms with Crippen molar-refractivity contribution < 1.29 is 18.9 Å². The number of carbonyl (C=O) groups excluding carboxylic acids is 2. The Morgan fingerprint density at radius 1 is 1.10 bits per heavy atom. The zero-order chi connectivity index (χ0) is 22.5. The maximum absolute atomic E-state index is 12.0. The van der Waals surface area contributed by atoms with Crippen molar-refractivity contribution >= 4 is 52.6 Å². The van der Waals surface area contributed by atoms with Crippen molar-refractivity contribution in [3.05, 3.63) is 80.0 Å². The van der Waals surface area contributed by atoms with Gasteiger partial charge in [0.2, 0.25) is 0 Å². The molecule has 0 aliphatic carbocycles. The summed E-state index contributed by atoms with van der Waals surface area (Å²) in [7, 11) is 0. The number of nitrogens with zero attached hydrogens (tertiary/aromatic N) is 2. The molecule has 2 aromatic carbocycles. The topological polar surface area (TPSA) is 127 Å². The van der Waals surface area contributed by atoms with Crippen molar-refractivity contribution in [3.8, 4) is 11.3 Å². The Kier molecular flexibility index (Phi) is 6.68. The summed E-state index contributed by atoms with van der Waals surface area (Å²) in [5.41, 5.74) is 3.58. The van der Waals surface area contributed by atoms with E-state index in [1.165, 1.54) is 30.5 Å². The Morgan fingerprint density at radius 2 is 1.87 bits per heavy atom. The summed E-state index contributed by atoms with van der Waals surface area (Å²) in [4.78, 5) is 34.2. The summed E-state index contributed by atoms with van der Waals surface area (Å²) in [6.07, 6.45) is 1.21. The Labute approximate surface area is 185 Å². The predicted molar refractivity (Wildman–Crippen MR) is 116 cm³/mol. The first-order valence-corrected chi connectivity index (χ1v) is 9.45. The van der Waals surface area contributed by atoms with Crippen molar-refractivity contribution in [1.82, 2.24) is 5.43 Å². The highest BCUT2D eigenvalue weighted by molar-refractivity contribution is 6.42. The maximum atomic E-state index is 12.0. The molecule has 0 aliphatic heterocycles. The highest BCUT2D eigenvalue weighted by Crippen LogP contribution is 2.28. The van der Waals surface area contributed by atoms with E-state index in [9.17, 15) is 19.7 Å². The van der Waals surface area contributed by atoms with Crippen molar-refractivity contribution in [2.24, 2.45) is 5.10 Å². The number of hydrogen-bond acceptors (Lipinski definition) is 6. The van der Waals surface area contributed by atoms with E-state index in [0.717, 1.165) is 0 Å². The Morgan fingerprint density at radius 3 is 2.58 bits per heavy atom. The van der Waals surface area contributed by atoms with Crippen LogP contribution in [0.1, 0.15) is 11.3 Å². The lowest BCUT2D eigenvalue weighted by molar-refractivity contribution is -0.384. The second-order valence-electron chi connectivity index (χ2n) is 6.24. The normalized spacial score (nSPS) is 10.8. The third kappa shape index (κ3) is 5.47. The van der Waals surface area contributed by atoms with Gasteiger partial charge in [0.25, 0.3) is 5.69 Å². The summed E-state index contributed by atoms with van der Waals surface area (Å²) >= 11 is 11.8. The first kappa shape index (κ1) is 22.0. The van der Waals surface area contributed by atoms with Gasteiger partial charge in [-0.3, -0.25) is 19.7 Å². The number of furan rings is 1. The first-order valence-electron chi connectivity index (χ1n) is 8.69. The zero-order valence-electron chi connectivity index (χ0n) is 15.9. The number of rotatable bonds is 5. The molecule has 0 unspecified atom stereocenters. The quantitative estimate of drug-likeness (QED) is 0.249. The summed E-state index contributed by atoms with van der Waals surface area (Å²) in [5.74, 6) is -1.24. The van der Waals surface area contributed by atoms with Gasteiger partial charge in [-0.2, -0.15) is 5.10 Å². The van der Waals surface area contributed by atoms with E-state index in [-0.39, 0.29) is 16.4 Å². The zero-order valence-corrected chi connectivity index (χ0v) is 17.4. The van der Waals surface area contributed by atoms with E-state index < -0.39 is 16.7 Å². The van der Waals surface area contributed by atoms with Gasteiger partial charge in [0.1, 0.15) is 11.5 Å². The molecule has 2 N–H and O–H groups in total. The number of nitrogens with one attached hydrogen (secondary N) is 2. The second kappa shape index (κ2) is 9.41. The van der Waals surface area contributed by atoms with E-state index >= 15 is 0 Å². The minimum absolute atomic E-state index is 0.0188. The molecule has 31 heavy (non-hydrogen) atoms. The van der Waals surface area contributed by atoms with Gasteiger partial charge in [0, 0.05) is 22.7 Å². The van der Waals surface area contributed by atoms with E-state index in [1.807, 2.05) is 0 Å². The van der Waals surface area contributed by atoms with Gasteiger partial charge in [-0.15, -0.1) is 0 Å². The lowest BCUT2D eigenvalue weighted by Crippen LogP contribution is -2.32. The molecule has 0 spiro atoms. The number of hydrazone groups is 1. The Hall–Kier alpha value is -3.69. The van der Waals surface area contributed by atoms with Crippen LogP contribution in [-0.4, -0.2) is 23.0 Å². The second-order valence-corrected chi connectivity index (χ2v) is 7.08. The van der Waals surface area contributed by atoms with Crippen LogP contribution in [-0.2, 0) is 9.59 Å². The van der Waals surface area contributed by atoms with Gasteiger partial charge in [0.15, 0.2) is 0 Å². The number of nitro benzene ring substituents is 1. The molecule has 0 bridgehead atoms. The molecule has 2 amide bonds. The molecule has 0 saturated carbocycles. The van der Waals surface area contributed by atoms with Gasteiger partial charge < -0.3 is 9.73 Å². The highest BCUT2D eigenvalue weighted by atomic mass is 35.5. The van der Waals surface area contributed by atoms with E-state index in [1.54, 1.807) is 31.2 Å². The molecular weight excluding hydrogens is 447 g/mol. The molecule has 9 nitrogen and oxygen atoms in total. The Balaban J connectivity index is 1.62. The van der Waals surface area contributed by atoms with Crippen LogP contribution in [0.25, 0.3) is 11.3 Å². The molecule has 3 aromatic rings. The molecule has 0 radical (unpaired) electrons. The third-order valence-electron chi connectivity index (χ3n) is 4.05. The number of anilines is 1. The van der Waals surface area contributed by atoms with Crippen LogP contribution >= 0.6 is 23.2 Å². The lowest BCUT2D eigenvalue weighted by Gasteiger charge is -2.06. The van der Waals surface area contributed by atoms with Gasteiger partial charge in [-0.25, -0.2) is 5.43 Å². The average molecular weight is 461 g/mol. The van der Waals surface area contributed by atoms with Crippen LogP contribution in [0.2, 0.25) is 10.0 Å². The molecule has 1 heterocycles. The molecule has 11 heteroatoms. The van der Waals surface area contributed by atoms with E-state index in [2.05, 4.69) is 15.8 Å². The van der Waals surface area contributed by atoms with Crippen molar-refractivity contribution in [1.29, 1.82) is 0 Å². The largest absolute Gasteiger partial charge is 0.455 e. The number of carbonyl (C=O) groups is 2. The molecule has 158 valence electrons. The predicted octanol–water partition coefficient (Wildman–Crippen LogP) is 4.56. The highest BCUT2D eigenvalue weighted by Gasteiger charge is 2.15. The fourth-order valence-corrected chi connectivity index (χ4v) is 2.92. The van der Waals surface area contributed by atoms with Gasteiger partial charge in [0.05, 0.1) is 21.8 Å². The molecule has 0 atom stereocenters. The average Bonchev–Trinajstić information content (AvgIpc) is 3.19. The van der Waals surface area contributed by atoms with E-state index in [0.29, 0.717) is 27.7 Å². The number of nitro groups is 1. The van der Waals surface area contributed by atoms with Crippen molar-refractivity contribution in [3.63, 3.8) is 0 Å². The standard InChI is InChI=1S/C20H14Cl2N4O5/c1-11-8-13(26(29)30)3-5-15(11)18-7-4-14(31-18)10-23-25-20(28)19(27)24-17-9-12(21)2-6-16(17)22/h2-10H,1H3,(H,24,27)(H,25,28)/b23-10+. The van der Waals surface area contributed by atoms with Crippen molar-refractivity contribution in [2.45, 2.75) is 6.92 Å². The lowest BCUT2D eigenvalue weighted by atomic mass is 10.1. The summed E-state index contributed by atoms with van der Waals surface area (Å²) in [6, 6.07) is 12.1. The maximum Gasteiger partial charge on any atom is 0.329 e. The molecule has 3 rings (SSSR count). The molecule has 0 aliphatic rings. The number of benzene rings is 2. The monoisotopic (exact) mass is 460 g/mol. The number of amides is 2.